The largest absolute Gasteiger partial charge is 0.409 e. The molecule has 1 unspecified atom stereocenters. The molecule has 0 saturated carbocycles. The quantitative estimate of drug-likeness (QED) is 0.224. The van der Waals surface area contributed by atoms with Crippen LogP contribution in [-0.4, -0.2) is 72.8 Å². The van der Waals surface area contributed by atoms with Crippen molar-refractivity contribution in [2.75, 3.05) is 45.9 Å². The van der Waals surface area contributed by atoms with Crippen molar-refractivity contribution in [3.8, 4) is 0 Å². The molecule has 1 aliphatic rings. The van der Waals surface area contributed by atoms with Crippen LogP contribution in [0.15, 0.2) is 5.16 Å². The molecule has 1 fully saturated rings. The van der Waals surface area contributed by atoms with Crippen LogP contribution in [0.3, 0.4) is 0 Å². The summed E-state index contributed by atoms with van der Waals surface area (Å²) < 4.78 is 5.36. The molecule has 1 rings (SSSR count). The standard InChI is InChI=1S/C12H26N4O2/c1-3-11(12(13)14-17)16-7-5-15(6-8-16)9-10-18-4-2/h11,17H,3-10H2,1-2H3,(H2,13,14). The van der Waals surface area contributed by atoms with Gasteiger partial charge in [0.2, 0.25) is 0 Å². The zero-order chi connectivity index (χ0) is 13.4. The van der Waals surface area contributed by atoms with Crippen LogP contribution in [0.5, 0.6) is 0 Å². The Balaban J connectivity index is 2.33. The normalized spacial score (nSPS) is 21.1. The monoisotopic (exact) mass is 258 g/mol. The summed E-state index contributed by atoms with van der Waals surface area (Å²) in [6.45, 7) is 10.6. The fourth-order valence-corrected chi connectivity index (χ4v) is 2.36. The molecule has 106 valence electrons. The molecule has 1 saturated heterocycles. The molecule has 3 N–H and O–H groups in total. The van der Waals surface area contributed by atoms with E-state index in [1.807, 2.05) is 6.92 Å². The van der Waals surface area contributed by atoms with Gasteiger partial charge in [-0.15, -0.1) is 0 Å². The average Bonchev–Trinajstić information content (AvgIpc) is 2.41. The third kappa shape index (κ3) is 4.44. The average molecular weight is 258 g/mol. The Morgan fingerprint density at radius 2 is 2.00 bits per heavy atom. The first-order valence-electron chi connectivity index (χ1n) is 6.74. The predicted octanol–water partition coefficient (Wildman–Crippen LogP) is 0.166. The van der Waals surface area contributed by atoms with Gasteiger partial charge in [-0.2, -0.15) is 0 Å². The Labute approximate surface area is 109 Å². The van der Waals surface area contributed by atoms with Crippen molar-refractivity contribution >= 4 is 5.84 Å². The number of oxime groups is 1. The molecule has 0 spiro atoms. The lowest BCUT2D eigenvalue weighted by Crippen LogP contribution is -2.54. The maximum atomic E-state index is 8.77. The fourth-order valence-electron chi connectivity index (χ4n) is 2.36. The molecule has 0 aliphatic carbocycles. The van der Waals surface area contributed by atoms with Crippen LogP contribution in [0, 0.1) is 0 Å². The first-order chi connectivity index (χ1) is 8.72. The van der Waals surface area contributed by atoms with Gasteiger partial charge in [0.05, 0.1) is 12.6 Å². The maximum Gasteiger partial charge on any atom is 0.156 e. The molecule has 1 heterocycles. The van der Waals surface area contributed by atoms with Gasteiger partial charge < -0.3 is 15.7 Å². The molecule has 0 radical (unpaired) electrons. The molecule has 18 heavy (non-hydrogen) atoms. The number of hydrogen-bond acceptors (Lipinski definition) is 5. The Bertz CT molecular complexity index is 252. The van der Waals surface area contributed by atoms with E-state index in [0.29, 0.717) is 5.84 Å². The highest BCUT2D eigenvalue weighted by Gasteiger charge is 2.25. The van der Waals surface area contributed by atoms with Gasteiger partial charge >= 0.3 is 0 Å². The predicted molar refractivity (Wildman–Crippen MR) is 72.0 cm³/mol. The van der Waals surface area contributed by atoms with Crippen molar-refractivity contribution in [3.05, 3.63) is 0 Å². The molecule has 0 aromatic rings. The summed E-state index contributed by atoms with van der Waals surface area (Å²) in [7, 11) is 0. The topological polar surface area (TPSA) is 74.3 Å². The lowest BCUT2D eigenvalue weighted by molar-refractivity contribution is 0.0736. The van der Waals surface area contributed by atoms with Crippen molar-refractivity contribution in [1.29, 1.82) is 0 Å². The smallest absolute Gasteiger partial charge is 0.156 e. The van der Waals surface area contributed by atoms with Gasteiger partial charge in [0.15, 0.2) is 5.84 Å². The molecule has 6 heteroatoms. The van der Waals surface area contributed by atoms with E-state index < -0.39 is 0 Å². The molecular formula is C12H26N4O2. The number of nitrogens with zero attached hydrogens (tertiary/aromatic N) is 3. The number of piperazine rings is 1. The third-order valence-corrected chi connectivity index (χ3v) is 3.45. The summed E-state index contributed by atoms with van der Waals surface area (Å²) in [5, 5.41) is 11.9. The summed E-state index contributed by atoms with van der Waals surface area (Å²) in [6, 6.07) is 0.0593. The molecule has 1 aliphatic heterocycles. The Kier molecular flexibility index (Phi) is 7.00. The Hall–Kier alpha value is -0.850. The van der Waals surface area contributed by atoms with Gasteiger partial charge in [0.1, 0.15) is 0 Å². The first-order valence-corrected chi connectivity index (χ1v) is 6.74. The van der Waals surface area contributed by atoms with Crippen molar-refractivity contribution < 1.29 is 9.94 Å². The summed E-state index contributed by atoms with van der Waals surface area (Å²) >= 11 is 0. The first kappa shape index (κ1) is 15.2. The molecule has 1 atom stereocenters. The number of amidine groups is 1. The van der Waals surface area contributed by atoms with E-state index in [2.05, 4.69) is 21.9 Å². The van der Waals surface area contributed by atoms with E-state index in [9.17, 15) is 0 Å². The van der Waals surface area contributed by atoms with E-state index in [-0.39, 0.29) is 6.04 Å². The second-order valence-corrected chi connectivity index (χ2v) is 4.52. The van der Waals surface area contributed by atoms with E-state index >= 15 is 0 Å². The second kappa shape index (κ2) is 8.29. The van der Waals surface area contributed by atoms with Crippen LogP contribution in [-0.2, 0) is 4.74 Å². The number of ether oxygens (including phenoxy) is 1. The molecular weight excluding hydrogens is 232 g/mol. The summed E-state index contributed by atoms with van der Waals surface area (Å²) in [6.07, 6.45) is 0.870. The number of rotatable bonds is 7. The lowest BCUT2D eigenvalue weighted by atomic mass is 10.1. The van der Waals surface area contributed by atoms with Gasteiger partial charge in [-0.3, -0.25) is 9.80 Å². The van der Waals surface area contributed by atoms with Crippen LogP contribution in [0.4, 0.5) is 0 Å². The van der Waals surface area contributed by atoms with Crippen LogP contribution in [0.2, 0.25) is 0 Å². The van der Waals surface area contributed by atoms with E-state index in [4.69, 9.17) is 15.7 Å². The number of nitrogens with two attached hydrogens (primary N) is 1. The van der Waals surface area contributed by atoms with Crippen LogP contribution in [0.25, 0.3) is 0 Å². The van der Waals surface area contributed by atoms with Crippen molar-refractivity contribution in [1.82, 2.24) is 9.80 Å². The zero-order valence-corrected chi connectivity index (χ0v) is 11.5. The molecule has 0 aromatic carbocycles. The minimum atomic E-state index is 0.0593. The maximum absolute atomic E-state index is 8.77. The van der Waals surface area contributed by atoms with Crippen LogP contribution >= 0.6 is 0 Å². The van der Waals surface area contributed by atoms with Crippen molar-refractivity contribution in [2.24, 2.45) is 10.9 Å². The third-order valence-electron chi connectivity index (χ3n) is 3.45. The SMILES string of the molecule is CCOCCN1CCN(C(CC)C(N)=NO)CC1. The number of hydrogen-bond donors (Lipinski definition) is 2. The molecule has 0 bridgehead atoms. The highest BCUT2D eigenvalue weighted by Crippen LogP contribution is 2.09. The summed E-state index contributed by atoms with van der Waals surface area (Å²) in [4.78, 5) is 4.68. The van der Waals surface area contributed by atoms with Crippen molar-refractivity contribution in [2.45, 2.75) is 26.3 Å². The minimum Gasteiger partial charge on any atom is -0.409 e. The van der Waals surface area contributed by atoms with Crippen LogP contribution in [0.1, 0.15) is 20.3 Å². The summed E-state index contributed by atoms with van der Waals surface area (Å²) in [5.41, 5.74) is 5.72. The summed E-state index contributed by atoms with van der Waals surface area (Å²) in [5.74, 6) is 0.320. The molecule has 6 nitrogen and oxygen atoms in total. The zero-order valence-electron chi connectivity index (χ0n) is 11.5. The highest BCUT2D eigenvalue weighted by atomic mass is 16.5. The minimum absolute atomic E-state index is 0.0593. The van der Waals surface area contributed by atoms with Gasteiger partial charge in [-0.25, -0.2) is 0 Å². The fraction of sp³-hybridized carbons (Fsp3) is 0.917. The molecule has 0 aromatic heterocycles. The van der Waals surface area contributed by atoms with Gasteiger partial charge in [-0.1, -0.05) is 12.1 Å². The Morgan fingerprint density at radius 3 is 2.50 bits per heavy atom. The van der Waals surface area contributed by atoms with Gasteiger partial charge in [0, 0.05) is 39.3 Å². The van der Waals surface area contributed by atoms with E-state index in [1.54, 1.807) is 0 Å². The van der Waals surface area contributed by atoms with E-state index in [0.717, 1.165) is 52.4 Å². The van der Waals surface area contributed by atoms with Crippen LogP contribution < -0.4 is 5.73 Å². The van der Waals surface area contributed by atoms with E-state index in [1.165, 1.54) is 0 Å². The second-order valence-electron chi connectivity index (χ2n) is 4.52. The van der Waals surface area contributed by atoms with Gasteiger partial charge in [0.25, 0.3) is 0 Å². The highest BCUT2D eigenvalue weighted by molar-refractivity contribution is 5.85. The van der Waals surface area contributed by atoms with Crippen molar-refractivity contribution in [3.63, 3.8) is 0 Å². The van der Waals surface area contributed by atoms with Gasteiger partial charge in [-0.05, 0) is 13.3 Å². The lowest BCUT2D eigenvalue weighted by Gasteiger charge is -2.38. The Morgan fingerprint density at radius 1 is 1.33 bits per heavy atom. The molecule has 0 amide bonds.